The molecule has 0 spiro atoms. The molecule has 7 heteroatoms. The minimum Gasteiger partial charge on any atom is -0.323 e. The van der Waals surface area contributed by atoms with Gasteiger partial charge in [0.05, 0.1) is 11.4 Å². The maximum absolute atomic E-state index is 12.4. The van der Waals surface area contributed by atoms with Crippen LogP contribution in [0.3, 0.4) is 0 Å². The molecule has 0 amide bonds. The van der Waals surface area contributed by atoms with Crippen molar-refractivity contribution in [3.05, 3.63) is 48.5 Å². The Kier molecular flexibility index (Phi) is 4.53. The van der Waals surface area contributed by atoms with Crippen molar-refractivity contribution in [2.45, 2.75) is 9.79 Å². The second kappa shape index (κ2) is 6.17. The largest absolute Gasteiger partial charge is 0.323 e. The van der Waals surface area contributed by atoms with Crippen LogP contribution in [0.25, 0.3) is 0 Å². The smallest absolute Gasteiger partial charge is 0.264 e. The predicted molar refractivity (Wildman–Crippen MR) is 83.3 cm³/mol. The van der Waals surface area contributed by atoms with Crippen LogP contribution < -0.4 is 16.0 Å². The topological polar surface area (TPSA) is 84.2 Å². The van der Waals surface area contributed by atoms with Crippen molar-refractivity contribution in [2.24, 2.45) is 5.84 Å². The number of para-hydroxylation sites is 2. The minimum atomic E-state index is -3.69. The molecule has 0 atom stereocenters. The van der Waals surface area contributed by atoms with E-state index in [1.807, 2.05) is 18.4 Å². The van der Waals surface area contributed by atoms with Gasteiger partial charge in [-0.25, -0.2) is 8.42 Å². The Morgan fingerprint density at radius 1 is 1.00 bits per heavy atom. The van der Waals surface area contributed by atoms with Crippen LogP contribution in [0.15, 0.2) is 58.3 Å². The Labute approximate surface area is 122 Å². The summed E-state index contributed by atoms with van der Waals surface area (Å²) in [7, 11) is -3.69. The molecule has 0 bridgehead atoms. The molecule has 2 aromatic carbocycles. The molecule has 2 aromatic rings. The molecule has 0 aliphatic heterocycles. The van der Waals surface area contributed by atoms with Crippen LogP contribution in [-0.4, -0.2) is 14.7 Å². The van der Waals surface area contributed by atoms with Crippen molar-refractivity contribution < 1.29 is 8.42 Å². The summed E-state index contributed by atoms with van der Waals surface area (Å²) in [5.74, 6) is 5.35. The molecule has 20 heavy (non-hydrogen) atoms. The first-order valence-electron chi connectivity index (χ1n) is 5.80. The number of hydrazine groups is 1. The van der Waals surface area contributed by atoms with Gasteiger partial charge in [-0.15, -0.1) is 11.8 Å². The summed E-state index contributed by atoms with van der Waals surface area (Å²) in [5, 5.41) is 0. The zero-order chi connectivity index (χ0) is 14.6. The van der Waals surface area contributed by atoms with Gasteiger partial charge in [-0.05, 0) is 30.5 Å². The van der Waals surface area contributed by atoms with Gasteiger partial charge in [-0.1, -0.05) is 24.3 Å². The fourth-order valence-corrected chi connectivity index (χ4v) is 3.62. The van der Waals surface area contributed by atoms with E-state index in [2.05, 4.69) is 10.1 Å². The van der Waals surface area contributed by atoms with E-state index in [-0.39, 0.29) is 4.90 Å². The monoisotopic (exact) mass is 309 g/mol. The molecule has 0 aliphatic carbocycles. The third-order valence-electron chi connectivity index (χ3n) is 2.68. The maximum atomic E-state index is 12.4. The van der Waals surface area contributed by atoms with E-state index in [1.165, 1.54) is 17.8 Å². The second-order valence-corrected chi connectivity index (χ2v) is 6.45. The average Bonchev–Trinajstić information content (AvgIpc) is 2.47. The van der Waals surface area contributed by atoms with E-state index < -0.39 is 10.0 Å². The first-order valence-corrected chi connectivity index (χ1v) is 8.51. The van der Waals surface area contributed by atoms with Gasteiger partial charge in [-0.2, -0.15) is 0 Å². The molecule has 0 fully saturated rings. The Morgan fingerprint density at radius 2 is 1.60 bits per heavy atom. The summed E-state index contributed by atoms with van der Waals surface area (Å²) in [4.78, 5) is 0.965. The lowest BCUT2D eigenvalue weighted by Gasteiger charge is -2.13. The molecular weight excluding hydrogens is 294 g/mol. The van der Waals surface area contributed by atoms with Gasteiger partial charge in [-0.3, -0.25) is 10.6 Å². The summed E-state index contributed by atoms with van der Waals surface area (Å²) in [6.07, 6.45) is 1.89. The minimum absolute atomic E-state index is 0.110. The number of benzene rings is 2. The predicted octanol–water partition coefficient (Wildman–Crippen LogP) is 2.49. The number of hydrogen-bond acceptors (Lipinski definition) is 5. The van der Waals surface area contributed by atoms with Crippen molar-refractivity contribution in [1.82, 2.24) is 0 Å². The van der Waals surface area contributed by atoms with E-state index in [9.17, 15) is 8.42 Å². The number of anilines is 2. The number of nitrogens with two attached hydrogens (primary N) is 1. The molecule has 0 radical (unpaired) electrons. The van der Waals surface area contributed by atoms with E-state index >= 15 is 0 Å². The maximum Gasteiger partial charge on any atom is 0.264 e. The molecular formula is C13H15N3O2S2. The highest BCUT2D eigenvalue weighted by Crippen LogP contribution is 2.28. The van der Waals surface area contributed by atoms with Crippen LogP contribution in [0.5, 0.6) is 0 Å². The summed E-state index contributed by atoms with van der Waals surface area (Å²) in [5.41, 5.74) is 3.29. The van der Waals surface area contributed by atoms with E-state index in [0.717, 1.165) is 4.90 Å². The molecule has 0 aliphatic rings. The summed E-state index contributed by atoms with van der Waals surface area (Å²) in [6.45, 7) is 0. The molecule has 0 heterocycles. The number of hydrogen-bond donors (Lipinski definition) is 3. The van der Waals surface area contributed by atoms with Crippen molar-refractivity contribution in [3.63, 3.8) is 0 Å². The molecule has 4 N–H and O–H groups in total. The molecule has 5 nitrogen and oxygen atoms in total. The highest BCUT2D eigenvalue weighted by molar-refractivity contribution is 7.99. The van der Waals surface area contributed by atoms with Gasteiger partial charge in [0.2, 0.25) is 0 Å². The van der Waals surface area contributed by atoms with Crippen molar-refractivity contribution >= 4 is 33.2 Å². The Balaban J connectivity index is 2.41. The van der Waals surface area contributed by atoms with Crippen LogP contribution in [0.2, 0.25) is 0 Å². The standard InChI is InChI=1S/C13H15N3O2S2/c1-19-12-8-4-2-6-10(12)16-20(17,18)13-9-5-3-7-11(13)15-14/h2-9,15-16H,14H2,1H3. The van der Waals surface area contributed by atoms with Crippen molar-refractivity contribution in [2.75, 3.05) is 16.4 Å². The molecule has 106 valence electrons. The number of rotatable bonds is 5. The number of thioether (sulfide) groups is 1. The number of sulfonamides is 1. The van der Waals surface area contributed by atoms with Crippen LogP contribution >= 0.6 is 11.8 Å². The van der Waals surface area contributed by atoms with Gasteiger partial charge in [0.15, 0.2) is 0 Å². The lowest BCUT2D eigenvalue weighted by molar-refractivity contribution is 0.601. The van der Waals surface area contributed by atoms with Gasteiger partial charge < -0.3 is 5.43 Å². The third kappa shape index (κ3) is 3.06. The first-order chi connectivity index (χ1) is 9.58. The van der Waals surface area contributed by atoms with E-state index in [0.29, 0.717) is 11.4 Å². The Bertz CT molecular complexity index is 702. The third-order valence-corrected chi connectivity index (χ3v) is 4.90. The molecule has 2 rings (SSSR count). The zero-order valence-electron chi connectivity index (χ0n) is 10.8. The second-order valence-electron chi connectivity index (χ2n) is 3.95. The van der Waals surface area contributed by atoms with Crippen LogP contribution in [0.4, 0.5) is 11.4 Å². The lowest BCUT2D eigenvalue weighted by Crippen LogP contribution is -2.17. The first kappa shape index (κ1) is 14.7. The highest BCUT2D eigenvalue weighted by Gasteiger charge is 2.19. The lowest BCUT2D eigenvalue weighted by atomic mass is 10.3. The number of nitrogen functional groups attached to an aromatic ring is 1. The quantitative estimate of drug-likeness (QED) is 0.449. The van der Waals surface area contributed by atoms with Crippen LogP contribution in [0, 0.1) is 0 Å². The molecule has 0 aromatic heterocycles. The zero-order valence-corrected chi connectivity index (χ0v) is 12.5. The molecule has 0 saturated heterocycles. The fraction of sp³-hybridized carbons (Fsp3) is 0.0769. The molecule has 0 saturated carbocycles. The summed E-state index contributed by atoms with van der Waals surface area (Å²) >= 11 is 1.47. The van der Waals surface area contributed by atoms with Gasteiger partial charge in [0.25, 0.3) is 10.0 Å². The van der Waals surface area contributed by atoms with E-state index in [4.69, 9.17) is 5.84 Å². The van der Waals surface area contributed by atoms with Gasteiger partial charge >= 0.3 is 0 Å². The van der Waals surface area contributed by atoms with Gasteiger partial charge in [0.1, 0.15) is 4.90 Å². The highest BCUT2D eigenvalue weighted by atomic mass is 32.2. The van der Waals surface area contributed by atoms with E-state index in [1.54, 1.807) is 30.3 Å². The Morgan fingerprint density at radius 3 is 2.25 bits per heavy atom. The Hall–Kier alpha value is -1.70. The summed E-state index contributed by atoms with van der Waals surface area (Å²) < 4.78 is 27.5. The fourth-order valence-electron chi connectivity index (χ4n) is 1.75. The average molecular weight is 309 g/mol. The normalized spacial score (nSPS) is 11.1. The molecule has 0 unspecified atom stereocenters. The number of nitrogens with one attached hydrogen (secondary N) is 2. The SMILES string of the molecule is CSc1ccccc1NS(=O)(=O)c1ccccc1NN. The van der Waals surface area contributed by atoms with Crippen molar-refractivity contribution in [1.29, 1.82) is 0 Å². The van der Waals surface area contributed by atoms with Crippen LogP contribution in [-0.2, 0) is 10.0 Å². The summed E-state index contributed by atoms with van der Waals surface area (Å²) in [6, 6.07) is 13.7. The van der Waals surface area contributed by atoms with Crippen LogP contribution in [0.1, 0.15) is 0 Å². The van der Waals surface area contributed by atoms with Gasteiger partial charge in [0, 0.05) is 4.90 Å². The van der Waals surface area contributed by atoms with Crippen molar-refractivity contribution in [3.8, 4) is 0 Å².